The van der Waals surface area contributed by atoms with Crippen LogP contribution in [0.5, 0.6) is 0 Å². The summed E-state index contributed by atoms with van der Waals surface area (Å²) >= 11 is 0. The maximum absolute atomic E-state index is 12.3. The summed E-state index contributed by atoms with van der Waals surface area (Å²) in [5.41, 5.74) is 2.42. The Balaban J connectivity index is 2.28. The van der Waals surface area contributed by atoms with E-state index < -0.39 is 5.54 Å². The molecule has 2 rings (SSSR count). The van der Waals surface area contributed by atoms with E-state index in [2.05, 4.69) is 15.6 Å². The first-order valence-electron chi connectivity index (χ1n) is 6.68. The molecule has 1 aliphatic rings. The molecule has 0 aliphatic carbocycles. The van der Waals surface area contributed by atoms with Crippen LogP contribution in [0, 0.1) is 13.8 Å². The second-order valence-electron chi connectivity index (χ2n) is 5.25. The average Bonchev–Trinajstić information content (AvgIpc) is 2.69. The molecule has 1 fully saturated rings. The average molecular weight is 275 g/mol. The topological polar surface area (TPSA) is 62.7 Å². The highest BCUT2D eigenvalue weighted by molar-refractivity contribution is 6.09. The molecule has 0 spiro atoms. The quantitative estimate of drug-likeness (QED) is 0.813. The predicted molar refractivity (Wildman–Crippen MR) is 78.7 cm³/mol. The minimum absolute atomic E-state index is 0.0811. The molecule has 0 radical (unpaired) electrons. The maximum Gasteiger partial charge on any atom is 0.256 e. The molecule has 0 bridgehead atoms. The Kier molecular flexibility index (Phi) is 4.09. The number of guanidine groups is 1. The third-order valence-corrected chi connectivity index (χ3v) is 3.55. The molecule has 1 aromatic carbocycles. The van der Waals surface area contributed by atoms with Crippen LogP contribution >= 0.6 is 0 Å². The molecule has 108 valence electrons. The van der Waals surface area contributed by atoms with Gasteiger partial charge in [0.15, 0.2) is 5.96 Å². The van der Waals surface area contributed by atoms with Crippen molar-refractivity contribution in [2.24, 2.45) is 4.99 Å². The van der Waals surface area contributed by atoms with Gasteiger partial charge in [0.25, 0.3) is 5.91 Å². The van der Waals surface area contributed by atoms with Gasteiger partial charge in [0.05, 0.1) is 13.2 Å². The van der Waals surface area contributed by atoms with E-state index in [9.17, 15) is 4.79 Å². The zero-order valence-corrected chi connectivity index (χ0v) is 12.4. The molecule has 1 atom stereocenters. The van der Waals surface area contributed by atoms with Crippen molar-refractivity contribution in [1.29, 1.82) is 0 Å². The van der Waals surface area contributed by atoms with Crippen molar-refractivity contribution in [2.75, 3.05) is 20.3 Å². The highest BCUT2D eigenvalue weighted by Gasteiger charge is 2.43. The third-order valence-electron chi connectivity index (χ3n) is 3.55. The Morgan fingerprint density at radius 2 is 2.10 bits per heavy atom. The summed E-state index contributed by atoms with van der Waals surface area (Å²) in [6.45, 7) is 6.95. The van der Waals surface area contributed by atoms with E-state index in [1.54, 1.807) is 7.11 Å². The van der Waals surface area contributed by atoms with Gasteiger partial charge in [-0.1, -0.05) is 23.8 Å². The van der Waals surface area contributed by atoms with Gasteiger partial charge in [-0.2, -0.15) is 0 Å². The molecule has 2 N–H and O–H groups in total. The smallest absolute Gasteiger partial charge is 0.256 e. The minimum Gasteiger partial charge on any atom is -0.383 e. The van der Waals surface area contributed by atoms with Crippen molar-refractivity contribution in [3.63, 3.8) is 0 Å². The Morgan fingerprint density at radius 3 is 2.80 bits per heavy atom. The van der Waals surface area contributed by atoms with Crippen molar-refractivity contribution in [2.45, 2.75) is 26.3 Å². The lowest BCUT2D eigenvalue weighted by molar-refractivity contribution is -0.123. The van der Waals surface area contributed by atoms with Crippen LogP contribution in [0.4, 0.5) is 0 Å². The number of nitrogens with zero attached hydrogens (tertiary/aromatic N) is 1. The highest BCUT2D eigenvalue weighted by Crippen LogP contribution is 2.28. The van der Waals surface area contributed by atoms with Crippen LogP contribution in [0.2, 0.25) is 0 Å². The number of methoxy groups -OCH3 is 1. The summed E-state index contributed by atoms with van der Waals surface area (Å²) in [6.07, 6.45) is 0. The highest BCUT2D eigenvalue weighted by atomic mass is 16.5. The van der Waals surface area contributed by atoms with Crippen molar-refractivity contribution in [1.82, 2.24) is 10.6 Å². The van der Waals surface area contributed by atoms with Crippen molar-refractivity contribution in [3.8, 4) is 0 Å². The van der Waals surface area contributed by atoms with Crippen LogP contribution in [0.1, 0.15) is 23.6 Å². The van der Waals surface area contributed by atoms with Gasteiger partial charge < -0.3 is 10.1 Å². The zero-order valence-electron chi connectivity index (χ0n) is 12.4. The monoisotopic (exact) mass is 275 g/mol. The number of nitrogens with one attached hydrogen (secondary N) is 2. The summed E-state index contributed by atoms with van der Waals surface area (Å²) in [5.74, 6) is 0.429. The maximum atomic E-state index is 12.3. The number of amides is 1. The van der Waals surface area contributed by atoms with Crippen molar-refractivity contribution in [3.05, 3.63) is 34.9 Å². The molecular formula is C15H21N3O2. The summed E-state index contributed by atoms with van der Waals surface area (Å²) in [7, 11) is 1.63. The molecule has 1 unspecified atom stereocenters. The zero-order chi connectivity index (χ0) is 14.8. The van der Waals surface area contributed by atoms with Crippen LogP contribution < -0.4 is 10.6 Å². The second kappa shape index (κ2) is 5.63. The number of benzene rings is 1. The first-order chi connectivity index (χ1) is 9.47. The lowest BCUT2D eigenvalue weighted by Gasteiger charge is -2.24. The van der Waals surface area contributed by atoms with E-state index >= 15 is 0 Å². The molecule has 5 heteroatoms. The number of carbonyl (C=O) groups is 1. The SMILES string of the molecule is COCCN=C1NC(=O)C(C)(c2cc(C)ccc2C)N1. The number of ether oxygens (including phenoxy) is 1. The number of rotatable bonds is 4. The molecule has 1 aliphatic heterocycles. The fraction of sp³-hybridized carbons (Fsp3) is 0.467. The van der Waals surface area contributed by atoms with Crippen LogP contribution in [-0.4, -0.2) is 32.1 Å². The lowest BCUT2D eigenvalue weighted by atomic mass is 9.87. The van der Waals surface area contributed by atoms with Crippen LogP contribution in [0.15, 0.2) is 23.2 Å². The molecule has 5 nitrogen and oxygen atoms in total. The van der Waals surface area contributed by atoms with E-state index in [-0.39, 0.29) is 5.91 Å². The van der Waals surface area contributed by atoms with Gasteiger partial charge in [0.1, 0.15) is 5.54 Å². The summed E-state index contributed by atoms with van der Waals surface area (Å²) in [4.78, 5) is 16.6. The molecule has 1 aromatic rings. The van der Waals surface area contributed by atoms with Gasteiger partial charge in [-0.25, -0.2) is 0 Å². The van der Waals surface area contributed by atoms with Gasteiger partial charge in [-0.15, -0.1) is 0 Å². The standard InChI is InChI=1S/C15H21N3O2/c1-10-5-6-11(2)12(9-10)15(3)13(19)17-14(18-15)16-7-8-20-4/h5-6,9H,7-8H2,1-4H3,(H2,16,17,18,19). The summed E-state index contributed by atoms with van der Waals surface area (Å²) < 4.78 is 4.95. The van der Waals surface area contributed by atoms with Gasteiger partial charge in [0.2, 0.25) is 0 Å². The molecule has 20 heavy (non-hydrogen) atoms. The largest absolute Gasteiger partial charge is 0.383 e. The van der Waals surface area contributed by atoms with Crippen LogP contribution in [-0.2, 0) is 15.1 Å². The Morgan fingerprint density at radius 1 is 1.35 bits per heavy atom. The van der Waals surface area contributed by atoms with Crippen molar-refractivity contribution >= 4 is 11.9 Å². The molecule has 1 heterocycles. The number of carbonyl (C=O) groups excluding carboxylic acids is 1. The van der Waals surface area contributed by atoms with E-state index in [0.29, 0.717) is 19.1 Å². The lowest BCUT2D eigenvalue weighted by Crippen LogP contribution is -2.41. The van der Waals surface area contributed by atoms with E-state index in [1.807, 2.05) is 39.0 Å². The Hall–Kier alpha value is -1.88. The molecule has 0 saturated carbocycles. The fourth-order valence-corrected chi connectivity index (χ4v) is 2.35. The molecule has 1 saturated heterocycles. The number of hydrogen-bond donors (Lipinski definition) is 2. The van der Waals surface area contributed by atoms with Crippen molar-refractivity contribution < 1.29 is 9.53 Å². The van der Waals surface area contributed by atoms with Crippen LogP contribution in [0.3, 0.4) is 0 Å². The molecular weight excluding hydrogens is 254 g/mol. The number of aliphatic imine (C=N–C) groups is 1. The second-order valence-corrected chi connectivity index (χ2v) is 5.25. The van der Waals surface area contributed by atoms with E-state index in [4.69, 9.17) is 4.74 Å². The van der Waals surface area contributed by atoms with Gasteiger partial charge >= 0.3 is 0 Å². The Labute approximate surface area is 119 Å². The van der Waals surface area contributed by atoms with Gasteiger partial charge in [-0.3, -0.25) is 15.1 Å². The first kappa shape index (κ1) is 14.5. The predicted octanol–water partition coefficient (Wildman–Crippen LogP) is 1.24. The van der Waals surface area contributed by atoms with Gasteiger partial charge in [-0.05, 0) is 31.9 Å². The minimum atomic E-state index is -0.776. The number of aryl methyl sites for hydroxylation is 2. The van der Waals surface area contributed by atoms with Crippen LogP contribution in [0.25, 0.3) is 0 Å². The Bertz CT molecular complexity index is 554. The normalized spacial score (nSPS) is 23.8. The fourth-order valence-electron chi connectivity index (χ4n) is 2.35. The third kappa shape index (κ3) is 2.67. The molecule has 1 amide bonds. The van der Waals surface area contributed by atoms with E-state index in [0.717, 1.165) is 16.7 Å². The van der Waals surface area contributed by atoms with E-state index in [1.165, 1.54) is 0 Å². The summed E-state index contributed by atoms with van der Waals surface area (Å²) in [5, 5.41) is 5.99. The molecule has 0 aromatic heterocycles. The first-order valence-corrected chi connectivity index (χ1v) is 6.68. The van der Waals surface area contributed by atoms with Gasteiger partial charge in [0, 0.05) is 7.11 Å². The summed E-state index contributed by atoms with van der Waals surface area (Å²) in [6, 6.07) is 6.12. The number of hydrogen-bond acceptors (Lipinski definition) is 3.